The van der Waals surface area contributed by atoms with E-state index >= 15 is 0 Å². The number of fused-ring (bicyclic) bond motifs is 2. The molecule has 0 aromatic heterocycles. The maximum atomic E-state index is 12.7. The monoisotopic (exact) mass is 380 g/mol. The van der Waals surface area contributed by atoms with Crippen LogP contribution < -0.4 is 15.9 Å². The molecule has 5 amide bonds. The van der Waals surface area contributed by atoms with Gasteiger partial charge in [-0.05, 0) is 32.6 Å². The SMILES string of the molecule is [2H]N1CC(=O)N[C@@H](C)C(=O)N2CCC[C@H]2C(=O)NCC(=O)N2CCC[C@H]2C1=O. The van der Waals surface area contributed by atoms with E-state index in [-0.39, 0.29) is 6.54 Å². The van der Waals surface area contributed by atoms with Crippen molar-refractivity contribution in [2.45, 2.75) is 50.7 Å². The summed E-state index contributed by atoms with van der Waals surface area (Å²) in [5.41, 5.74) is 0. The quantitative estimate of drug-likeness (QED) is 0.436. The average molecular weight is 380 g/mol. The van der Waals surface area contributed by atoms with Crippen LogP contribution in [0, 0.1) is 0 Å². The van der Waals surface area contributed by atoms with Crippen LogP contribution in [-0.2, 0) is 24.0 Å². The van der Waals surface area contributed by atoms with Crippen LogP contribution in [0.2, 0.25) is 1.41 Å². The van der Waals surface area contributed by atoms with Gasteiger partial charge in [0.1, 0.15) is 18.1 Å². The van der Waals surface area contributed by atoms with Gasteiger partial charge in [0, 0.05) is 13.1 Å². The zero-order valence-electron chi connectivity index (χ0n) is 16.3. The molecule has 27 heavy (non-hydrogen) atoms. The molecule has 0 unspecified atom stereocenters. The second kappa shape index (κ2) is 7.93. The minimum atomic E-state index is -0.890. The van der Waals surface area contributed by atoms with E-state index in [0.717, 1.165) is 0 Å². The van der Waals surface area contributed by atoms with Gasteiger partial charge < -0.3 is 25.7 Å². The molecule has 0 aromatic rings. The van der Waals surface area contributed by atoms with Gasteiger partial charge in [-0.15, -0.1) is 0 Å². The van der Waals surface area contributed by atoms with Gasteiger partial charge in [-0.2, -0.15) is 0 Å². The largest absolute Gasteiger partial charge is 0.345 e. The minimum Gasteiger partial charge on any atom is -0.345 e. The summed E-state index contributed by atoms with van der Waals surface area (Å²) in [6.45, 7) is 1.45. The Morgan fingerprint density at radius 3 is 2.26 bits per heavy atom. The molecule has 3 aliphatic rings. The molecule has 3 saturated heterocycles. The first-order valence-electron chi connectivity index (χ1n) is 9.71. The molecule has 0 aliphatic carbocycles. The fourth-order valence-corrected chi connectivity index (χ4v) is 3.86. The van der Waals surface area contributed by atoms with E-state index in [1.807, 2.05) is 0 Å². The molecule has 10 nitrogen and oxygen atoms in total. The van der Waals surface area contributed by atoms with Gasteiger partial charge in [0.25, 0.3) is 0 Å². The molecule has 148 valence electrons. The molecule has 0 aromatic carbocycles. The van der Waals surface area contributed by atoms with E-state index < -0.39 is 54.2 Å². The average Bonchev–Trinajstić information content (AvgIpc) is 3.32. The third-order valence-corrected chi connectivity index (χ3v) is 5.24. The normalized spacial score (nSPS) is 31.6. The van der Waals surface area contributed by atoms with Crippen molar-refractivity contribution in [3.63, 3.8) is 0 Å². The smallest absolute Gasteiger partial charge is 0.245 e. The summed E-state index contributed by atoms with van der Waals surface area (Å²) in [5.74, 6) is -2.54. The second-order valence-corrected chi connectivity index (χ2v) is 7.10. The van der Waals surface area contributed by atoms with Crippen molar-refractivity contribution in [2.24, 2.45) is 0 Å². The molecular weight excluding hydrogens is 354 g/mol. The van der Waals surface area contributed by atoms with Gasteiger partial charge in [-0.3, -0.25) is 24.0 Å². The molecule has 0 saturated carbocycles. The van der Waals surface area contributed by atoms with Gasteiger partial charge >= 0.3 is 0 Å². The highest BCUT2D eigenvalue weighted by Gasteiger charge is 2.38. The van der Waals surface area contributed by atoms with Gasteiger partial charge in [0.05, 0.1) is 13.1 Å². The lowest BCUT2D eigenvalue weighted by atomic mass is 10.2. The zero-order chi connectivity index (χ0) is 20.4. The summed E-state index contributed by atoms with van der Waals surface area (Å²) < 4.78 is 7.88. The van der Waals surface area contributed by atoms with Crippen LogP contribution in [0.3, 0.4) is 0 Å². The third kappa shape index (κ3) is 4.04. The lowest BCUT2D eigenvalue weighted by molar-refractivity contribution is -0.141. The number of hydrogen-bond acceptors (Lipinski definition) is 5. The molecule has 3 rings (SSSR count). The zero-order valence-corrected chi connectivity index (χ0v) is 15.3. The van der Waals surface area contributed by atoms with Gasteiger partial charge in [0.2, 0.25) is 29.5 Å². The van der Waals surface area contributed by atoms with Crippen molar-refractivity contribution in [3.05, 3.63) is 0 Å². The first kappa shape index (κ1) is 17.7. The fraction of sp³-hybridized carbons (Fsp3) is 0.706. The number of nitrogens with one attached hydrogen (secondary N) is 3. The summed E-state index contributed by atoms with van der Waals surface area (Å²) in [7, 11) is 0. The number of hydrogen-bond donors (Lipinski definition) is 3. The van der Waals surface area contributed by atoms with Crippen molar-refractivity contribution in [1.82, 2.24) is 25.7 Å². The fourth-order valence-electron chi connectivity index (χ4n) is 3.86. The summed E-state index contributed by atoms with van der Waals surface area (Å²) in [5, 5.41) is 5.59. The third-order valence-electron chi connectivity index (χ3n) is 5.24. The molecule has 3 N–H and O–H groups in total. The molecule has 3 atom stereocenters. The molecule has 0 bridgehead atoms. The molecule has 0 radical (unpaired) electrons. The first-order valence-corrected chi connectivity index (χ1v) is 9.27. The van der Waals surface area contributed by atoms with Crippen molar-refractivity contribution in [3.8, 4) is 0 Å². The number of rotatable bonds is 0. The van der Waals surface area contributed by atoms with Crippen molar-refractivity contribution < 1.29 is 25.4 Å². The van der Waals surface area contributed by atoms with Crippen LogP contribution >= 0.6 is 0 Å². The van der Waals surface area contributed by atoms with E-state index in [0.29, 0.717) is 44.1 Å². The van der Waals surface area contributed by atoms with E-state index in [1.54, 1.807) is 0 Å². The van der Waals surface area contributed by atoms with Crippen LogP contribution in [0.5, 0.6) is 0 Å². The molecule has 3 aliphatic heterocycles. The van der Waals surface area contributed by atoms with E-state index in [2.05, 4.69) is 10.6 Å². The van der Waals surface area contributed by atoms with Crippen LogP contribution in [-0.4, -0.2) is 83.6 Å². The highest BCUT2D eigenvalue weighted by atomic mass is 16.2. The summed E-state index contributed by atoms with van der Waals surface area (Å²) in [6, 6.07) is -2.39. The van der Waals surface area contributed by atoms with Gasteiger partial charge in [-0.25, -0.2) is 0 Å². The Morgan fingerprint density at radius 2 is 1.56 bits per heavy atom. The predicted octanol–water partition coefficient (Wildman–Crippen LogP) is -2.28. The first-order chi connectivity index (χ1) is 13.3. The Balaban J connectivity index is 1.84. The second-order valence-electron chi connectivity index (χ2n) is 7.10. The van der Waals surface area contributed by atoms with Gasteiger partial charge in [-0.1, -0.05) is 0 Å². The summed E-state index contributed by atoms with van der Waals surface area (Å²) in [4.78, 5) is 65.2. The van der Waals surface area contributed by atoms with E-state index in [9.17, 15) is 24.0 Å². The number of nitrogens with zero attached hydrogens (tertiary/aromatic N) is 2. The Kier molecular flexibility index (Phi) is 5.21. The summed E-state index contributed by atoms with van der Waals surface area (Å²) >= 11 is 0. The van der Waals surface area contributed by atoms with Crippen LogP contribution in [0.4, 0.5) is 0 Å². The Bertz CT molecular complexity index is 645. The van der Waals surface area contributed by atoms with Crippen molar-refractivity contribution in [2.75, 3.05) is 26.2 Å². The van der Waals surface area contributed by atoms with Crippen molar-refractivity contribution >= 4 is 29.5 Å². The van der Waals surface area contributed by atoms with Crippen LogP contribution in [0.1, 0.15) is 32.6 Å². The Hall–Kier alpha value is -2.65. The maximum absolute atomic E-state index is 12.7. The Morgan fingerprint density at radius 1 is 0.926 bits per heavy atom. The maximum Gasteiger partial charge on any atom is 0.245 e. The molecule has 0 spiro atoms. The Labute approximate surface area is 158 Å². The molecular formula is C17H25N5O5. The van der Waals surface area contributed by atoms with E-state index in [1.165, 1.54) is 16.7 Å². The lowest BCUT2D eigenvalue weighted by Crippen LogP contribution is -2.53. The molecule has 10 heteroatoms. The van der Waals surface area contributed by atoms with Gasteiger partial charge in [0.15, 0.2) is 1.41 Å². The topological polar surface area (TPSA) is 128 Å². The minimum absolute atomic E-state index is 0.272. The summed E-state index contributed by atoms with van der Waals surface area (Å²) in [6.07, 6.45) is 2.15. The van der Waals surface area contributed by atoms with Crippen molar-refractivity contribution in [1.29, 1.82) is 0 Å². The highest BCUT2D eigenvalue weighted by molar-refractivity contribution is 5.96. The number of carbonyl (C=O) groups excluding carboxylic acids is 5. The standard InChI is InChI=1S/C17H25N5O5/c1-10-17(27)22-7-3-5-12(22)16(26)19-9-14(24)21-6-2-4-11(21)15(25)18-8-13(23)20-10/h10-12H,2-9H2,1H3,(H,18,25)(H,19,26)(H,20,23)/t10-,11-,12-/m0/s1/i/hD. The van der Waals surface area contributed by atoms with Crippen LogP contribution in [0.15, 0.2) is 0 Å². The predicted molar refractivity (Wildman–Crippen MR) is 93.1 cm³/mol. The number of carbonyl (C=O) groups is 5. The van der Waals surface area contributed by atoms with Crippen LogP contribution in [0.25, 0.3) is 0 Å². The molecule has 3 heterocycles. The number of amides is 5. The van der Waals surface area contributed by atoms with E-state index in [4.69, 9.17) is 1.41 Å². The lowest BCUT2D eigenvalue weighted by Gasteiger charge is -2.27. The molecule has 3 fully saturated rings. The highest BCUT2D eigenvalue weighted by Crippen LogP contribution is 2.20.